The van der Waals surface area contributed by atoms with Crippen LogP contribution in [0.3, 0.4) is 0 Å². The number of aromatic nitrogens is 2. The smallest absolute Gasteiger partial charge is 0.251 e. The average Bonchev–Trinajstić information content (AvgIpc) is 3.25. The normalized spacial score (nSPS) is 13.3. The van der Waals surface area contributed by atoms with Crippen LogP contribution in [-0.4, -0.2) is 56.5 Å². The number of carbonyl (C=O) groups excluding carboxylic acids is 1. The summed E-state index contributed by atoms with van der Waals surface area (Å²) in [7, 11) is 3.10. The first-order valence-corrected chi connectivity index (χ1v) is 9.03. The van der Waals surface area contributed by atoms with Gasteiger partial charge in [-0.3, -0.25) is 4.79 Å². The van der Waals surface area contributed by atoms with Gasteiger partial charge in [0.2, 0.25) is 0 Å². The van der Waals surface area contributed by atoms with Crippen LogP contribution in [0.4, 0.5) is 11.5 Å². The maximum atomic E-state index is 12.3. The molecule has 144 valence electrons. The molecule has 27 heavy (non-hydrogen) atoms. The topological polar surface area (TPSA) is 88.6 Å². The highest BCUT2D eigenvalue weighted by Crippen LogP contribution is 2.27. The lowest BCUT2D eigenvalue weighted by Gasteiger charge is -2.17. The van der Waals surface area contributed by atoms with E-state index in [1.807, 2.05) is 6.07 Å². The Kier molecular flexibility index (Phi) is 6.30. The van der Waals surface area contributed by atoms with E-state index in [2.05, 4.69) is 25.7 Å². The highest BCUT2D eigenvalue weighted by molar-refractivity contribution is 5.94. The second-order valence-corrected chi connectivity index (χ2v) is 6.25. The molecule has 1 amide bonds. The Morgan fingerprint density at radius 2 is 1.89 bits per heavy atom. The molecule has 1 fully saturated rings. The van der Waals surface area contributed by atoms with E-state index in [1.165, 1.54) is 12.8 Å². The number of rotatable bonds is 8. The Balaban J connectivity index is 1.48. The predicted molar refractivity (Wildman–Crippen MR) is 104 cm³/mol. The zero-order valence-electron chi connectivity index (χ0n) is 15.7. The quantitative estimate of drug-likeness (QED) is 0.686. The summed E-state index contributed by atoms with van der Waals surface area (Å²) in [4.78, 5) is 14.6. The number of hydrogen-bond acceptors (Lipinski definition) is 7. The summed E-state index contributed by atoms with van der Waals surface area (Å²) in [6.07, 6.45) is 4.22. The van der Waals surface area contributed by atoms with Crippen molar-refractivity contribution in [1.29, 1.82) is 0 Å². The molecule has 0 unspecified atom stereocenters. The fourth-order valence-electron chi connectivity index (χ4n) is 3.04. The maximum absolute atomic E-state index is 12.3. The van der Waals surface area contributed by atoms with Crippen molar-refractivity contribution in [1.82, 2.24) is 15.5 Å². The van der Waals surface area contributed by atoms with Crippen LogP contribution in [0.5, 0.6) is 11.5 Å². The lowest BCUT2D eigenvalue weighted by atomic mass is 10.2. The monoisotopic (exact) mass is 371 g/mol. The van der Waals surface area contributed by atoms with Crippen LogP contribution < -0.4 is 25.0 Å². The van der Waals surface area contributed by atoms with Crippen molar-refractivity contribution in [3.05, 3.63) is 36.0 Å². The molecule has 0 atom stereocenters. The number of benzene rings is 1. The lowest BCUT2D eigenvalue weighted by molar-refractivity contribution is 0.0954. The van der Waals surface area contributed by atoms with Crippen LogP contribution >= 0.6 is 0 Å². The molecule has 0 saturated carbocycles. The molecule has 1 aliphatic heterocycles. The van der Waals surface area contributed by atoms with Crippen molar-refractivity contribution >= 4 is 17.4 Å². The molecule has 1 saturated heterocycles. The molecule has 1 aromatic heterocycles. The second kappa shape index (κ2) is 9.07. The van der Waals surface area contributed by atoms with Gasteiger partial charge in [-0.15, -0.1) is 5.10 Å². The van der Waals surface area contributed by atoms with E-state index in [0.717, 1.165) is 18.8 Å². The van der Waals surface area contributed by atoms with Crippen molar-refractivity contribution < 1.29 is 14.3 Å². The van der Waals surface area contributed by atoms with Gasteiger partial charge in [0.15, 0.2) is 17.3 Å². The average molecular weight is 371 g/mol. The van der Waals surface area contributed by atoms with Crippen LogP contribution in [-0.2, 0) is 0 Å². The highest BCUT2D eigenvalue weighted by atomic mass is 16.5. The summed E-state index contributed by atoms with van der Waals surface area (Å²) in [5.41, 5.74) is 1.60. The maximum Gasteiger partial charge on any atom is 0.251 e. The number of nitrogens with zero attached hydrogens (tertiary/aromatic N) is 3. The third-order valence-corrected chi connectivity index (χ3v) is 4.47. The van der Waals surface area contributed by atoms with E-state index in [0.29, 0.717) is 36.0 Å². The van der Waals surface area contributed by atoms with Crippen molar-refractivity contribution in [2.75, 3.05) is 50.6 Å². The number of nitrogens with one attached hydrogen (secondary N) is 2. The summed E-state index contributed by atoms with van der Waals surface area (Å²) in [6, 6.07) is 7.07. The van der Waals surface area contributed by atoms with Gasteiger partial charge in [-0.2, -0.15) is 5.10 Å². The zero-order chi connectivity index (χ0) is 19.1. The molecule has 3 rings (SSSR count). The molecule has 2 aromatic rings. The van der Waals surface area contributed by atoms with E-state index in [-0.39, 0.29) is 5.91 Å². The molecule has 0 radical (unpaired) electrons. The van der Waals surface area contributed by atoms with Gasteiger partial charge in [0.05, 0.1) is 26.1 Å². The molecular weight excluding hydrogens is 346 g/mol. The first-order chi connectivity index (χ1) is 13.2. The third kappa shape index (κ3) is 4.78. The van der Waals surface area contributed by atoms with Crippen LogP contribution in [0.1, 0.15) is 23.2 Å². The predicted octanol–water partition coefficient (Wildman–Crippen LogP) is 1.94. The van der Waals surface area contributed by atoms with Crippen LogP contribution in [0.15, 0.2) is 30.5 Å². The van der Waals surface area contributed by atoms with Gasteiger partial charge in [-0.25, -0.2) is 0 Å². The Morgan fingerprint density at radius 1 is 1.11 bits per heavy atom. The van der Waals surface area contributed by atoms with Crippen molar-refractivity contribution in [2.24, 2.45) is 0 Å². The molecule has 0 aliphatic carbocycles. The summed E-state index contributed by atoms with van der Waals surface area (Å²) in [6.45, 7) is 3.14. The van der Waals surface area contributed by atoms with Gasteiger partial charge in [-0.05, 0) is 31.0 Å². The number of amides is 1. The number of anilines is 2. The number of hydrogen-bond donors (Lipinski definition) is 2. The van der Waals surface area contributed by atoms with E-state index in [9.17, 15) is 4.79 Å². The van der Waals surface area contributed by atoms with Gasteiger partial charge >= 0.3 is 0 Å². The SMILES string of the molecule is COc1ccc(C(=O)NCCNc2cc(N3CCCC3)cnn2)cc1OC. The van der Waals surface area contributed by atoms with E-state index < -0.39 is 0 Å². The summed E-state index contributed by atoms with van der Waals surface area (Å²) in [5.74, 6) is 1.65. The van der Waals surface area contributed by atoms with E-state index >= 15 is 0 Å². The summed E-state index contributed by atoms with van der Waals surface area (Å²) >= 11 is 0. The number of methoxy groups -OCH3 is 2. The second-order valence-electron chi connectivity index (χ2n) is 6.25. The van der Waals surface area contributed by atoms with Crippen molar-refractivity contribution in [3.8, 4) is 11.5 Å². The third-order valence-electron chi connectivity index (χ3n) is 4.47. The largest absolute Gasteiger partial charge is 0.493 e. The van der Waals surface area contributed by atoms with E-state index in [4.69, 9.17) is 9.47 Å². The van der Waals surface area contributed by atoms with Gasteiger partial charge < -0.3 is 25.0 Å². The minimum atomic E-state index is -0.172. The molecule has 1 aliphatic rings. The summed E-state index contributed by atoms with van der Waals surface area (Å²) < 4.78 is 10.4. The Bertz CT molecular complexity index is 778. The summed E-state index contributed by atoms with van der Waals surface area (Å²) in [5, 5.41) is 14.2. The Morgan fingerprint density at radius 3 is 2.63 bits per heavy atom. The van der Waals surface area contributed by atoms with Gasteiger partial charge in [0.1, 0.15) is 0 Å². The fourth-order valence-corrected chi connectivity index (χ4v) is 3.04. The molecule has 8 heteroatoms. The zero-order valence-corrected chi connectivity index (χ0v) is 15.7. The molecule has 1 aromatic carbocycles. The highest BCUT2D eigenvalue weighted by Gasteiger charge is 2.13. The molecule has 0 bridgehead atoms. The van der Waals surface area contributed by atoms with Crippen molar-refractivity contribution in [2.45, 2.75) is 12.8 Å². The molecular formula is C19H25N5O3. The van der Waals surface area contributed by atoms with Gasteiger partial charge in [-0.1, -0.05) is 0 Å². The van der Waals surface area contributed by atoms with Gasteiger partial charge in [0.25, 0.3) is 5.91 Å². The minimum Gasteiger partial charge on any atom is -0.493 e. The number of carbonyl (C=O) groups is 1. The first-order valence-electron chi connectivity index (χ1n) is 9.03. The van der Waals surface area contributed by atoms with Gasteiger partial charge in [0, 0.05) is 37.8 Å². The minimum absolute atomic E-state index is 0.172. The Hall–Kier alpha value is -3.03. The molecule has 2 N–H and O–H groups in total. The van der Waals surface area contributed by atoms with Crippen LogP contribution in [0.25, 0.3) is 0 Å². The van der Waals surface area contributed by atoms with Crippen LogP contribution in [0.2, 0.25) is 0 Å². The Labute approximate surface area is 158 Å². The fraction of sp³-hybridized carbons (Fsp3) is 0.421. The van der Waals surface area contributed by atoms with Crippen LogP contribution in [0, 0.1) is 0 Å². The van der Waals surface area contributed by atoms with Crippen molar-refractivity contribution in [3.63, 3.8) is 0 Å². The molecule has 0 spiro atoms. The van der Waals surface area contributed by atoms with E-state index in [1.54, 1.807) is 38.6 Å². The first kappa shape index (κ1) is 18.8. The lowest BCUT2D eigenvalue weighted by Crippen LogP contribution is -2.29. The molecule has 8 nitrogen and oxygen atoms in total. The number of ether oxygens (including phenoxy) is 2. The molecule has 2 heterocycles. The standard InChI is InChI=1S/C19H25N5O3/c1-26-16-6-5-14(11-17(16)27-2)19(25)21-8-7-20-18-12-15(13-22-23-18)24-9-3-4-10-24/h5-6,11-13H,3-4,7-10H2,1-2H3,(H,20,23)(H,21,25).